The number of carbonyl (C=O) groups excluding carboxylic acids is 1. The molecule has 4 rings (SSSR count). The Kier molecular flexibility index (Phi) is 4.86. The number of pyridine rings is 1. The first kappa shape index (κ1) is 18.0. The number of aliphatic hydroxyl groups excluding tert-OH is 1. The third-order valence-electron chi connectivity index (χ3n) is 5.96. The minimum atomic E-state index is -0.630. The van der Waals surface area contributed by atoms with E-state index in [2.05, 4.69) is 9.97 Å². The highest BCUT2D eigenvalue weighted by Gasteiger charge is 2.31. The number of H-pyrrole nitrogens is 1. The summed E-state index contributed by atoms with van der Waals surface area (Å²) in [4.78, 5) is 34.2. The largest absolute Gasteiger partial charge is 0.385 e. The Morgan fingerprint density at radius 2 is 2.04 bits per heavy atom. The van der Waals surface area contributed by atoms with Crippen LogP contribution >= 0.6 is 0 Å². The van der Waals surface area contributed by atoms with Crippen molar-refractivity contribution in [3.05, 3.63) is 51.5 Å². The van der Waals surface area contributed by atoms with E-state index in [1.807, 2.05) is 17.8 Å². The first-order valence-electron chi connectivity index (χ1n) is 9.74. The lowest BCUT2D eigenvalue weighted by Gasteiger charge is -2.34. The number of rotatable bonds is 3. The van der Waals surface area contributed by atoms with Crippen molar-refractivity contribution in [1.29, 1.82) is 0 Å². The van der Waals surface area contributed by atoms with E-state index in [9.17, 15) is 14.7 Å². The summed E-state index contributed by atoms with van der Waals surface area (Å²) < 4.78 is 1.83. The standard InChI is InChI=1S/C20H26N4O3/c1-23-11-8-21-18(23)17(25)13-6-9-24(10-7-13)20(27)15-12-14-4-2-3-5-16(14)22-19(15)26/h8,11-13,17,25H,2-7,9-10H2,1H3,(H,22,26)/t17-/m0/s1. The van der Waals surface area contributed by atoms with Crippen molar-refractivity contribution in [2.24, 2.45) is 13.0 Å². The van der Waals surface area contributed by atoms with Gasteiger partial charge in [0, 0.05) is 38.2 Å². The van der Waals surface area contributed by atoms with Gasteiger partial charge in [-0.3, -0.25) is 9.59 Å². The molecule has 3 heterocycles. The van der Waals surface area contributed by atoms with Gasteiger partial charge in [0.2, 0.25) is 0 Å². The van der Waals surface area contributed by atoms with Crippen LogP contribution in [0, 0.1) is 5.92 Å². The molecular weight excluding hydrogens is 344 g/mol. The molecule has 1 atom stereocenters. The van der Waals surface area contributed by atoms with Gasteiger partial charge in [-0.05, 0) is 56.1 Å². The summed E-state index contributed by atoms with van der Waals surface area (Å²) in [6, 6.07) is 1.80. The van der Waals surface area contributed by atoms with Gasteiger partial charge < -0.3 is 19.6 Å². The molecule has 0 radical (unpaired) electrons. The minimum Gasteiger partial charge on any atom is -0.385 e. The number of amides is 1. The fraction of sp³-hybridized carbons (Fsp3) is 0.550. The number of likely N-dealkylation sites (tertiary alicyclic amines) is 1. The molecule has 2 N–H and O–H groups in total. The molecule has 0 spiro atoms. The number of carbonyl (C=O) groups is 1. The van der Waals surface area contributed by atoms with Crippen LogP contribution in [0.3, 0.4) is 0 Å². The number of aryl methyl sites for hydroxylation is 3. The Balaban J connectivity index is 1.45. The molecule has 2 aromatic rings. The number of nitrogens with one attached hydrogen (secondary N) is 1. The van der Waals surface area contributed by atoms with Crippen LogP contribution in [0.25, 0.3) is 0 Å². The lowest BCUT2D eigenvalue weighted by molar-refractivity contribution is 0.0419. The van der Waals surface area contributed by atoms with Crippen molar-refractivity contribution < 1.29 is 9.90 Å². The summed E-state index contributed by atoms with van der Waals surface area (Å²) in [5.74, 6) is 0.525. The van der Waals surface area contributed by atoms with Gasteiger partial charge in [-0.25, -0.2) is 4.98 Å². The van der Waals surface area contributed by atoms with Crippen LogP contribution in [0.1, 0.15) is 59.2 Å². The number of fused-ring (bicyclic) bond motifs is 1. The van der Waals surface area contributed by atoms with Crippen LogP contribution in [-0.2, 0) is 19.9 Å². The van der Waals surface area contributed by atoms with Gasteiger partial charge in [0.1, 0.15) is 17.5 Å². The monoisotopic (exact) mass is 370 g/mol. The Bertz CT molecular complexity index is 893. The molecule has 27 heavy (non-hydrogen) atoms. The van der Waals surface area contributed by atoms with E-state index in [0.717, 1.165) is 36.9 Å². The molecule has 144 valence electrons. The smallest absolute Gasteiger partial charge is 0.261 e. The lowest BCUT2D eigenvalue weighted by atomic mass is 9.90. The van der Waals surface area contributed by atoms with Gasteiger partial charge in [0.25, 0.3) is 11.5 Å². The van der Waals surface area contributed by atoms with Crippen LogP contribution < -0.4 is 5.56 Å². The van der Waals surface area contributed by atoms with Crippen molar-refractivity contribution >= 4 is 5.91 Å². The highest BCUT2D eigenvalue weighted by atomic mass is 16.3. The zero-order valence-electron chi connectivity index (χ0n) is 15.6. The fourth-order valence-corrected chi connectivity index (χ4v) is 4.30. The summed E-state index contributed by atoms with van der Waals surface area (Å²) in [6.07, 6.45) is 8.25. The van der Waals surface area contributed by atoms with E-state index in [4.69, 9.17) is 0 Å². The maximum atomic E-state index is 12.9. The first-order chi connectivity index (χ1) is 13.0. The topological polar surface area (TPSA) is 91.2 Å². The van der Waals surface area contributed by atoms with Crippen LogP contribution in [0.4, 0.5) is 0 Å². The molecule has 0 aromatic carbocycles. The molecule has 2 aromatic heterocycles. The van der Waals surface area contributed by atoms with Crippen LogP contribution in [0.15, 0.2) is 23.3 Å². The van der Waals surface area contributed by atoms with E-state index in [-0.39, 0.29) is 22.9 Å². The summed E-state index contributed by atoms with van der Waals surface area (Å²) >= 11 is 0. The molecule has 0 unspecified atom stereocenters. The van der Waals surface area contributed by atoms with E-state index in [1.54, 1.807) is 17.2 Å². The fourth-order valence-electron chi connectivity index (χ4n) is 4.30. The number of hydrogen-bond acceptors (Lipinski definition) is 4. The van der Waals surface area contributed by atoms with Gasteiger partial charge in [-0.1, -0.05) is 0 Å². The zero-order chi connectivity index (χ0) is 19.0. The predicted molar refractivity (Wildman–Crippen MR) is 101 cm³/mol. The summed E-state index contributed by atoms with van der Waals surface area (Å²) in [7, 11) is 1.87. The highest BCUT2D eigenvalue weighted by Crippen LogP contribution is 2.30. The quantitative estimate of drug-likeness (QED) is 0.858. The molecule has 7 heteroatoms. The number of piperidine rings is 1. The number of imidazole rings is 1. The van der Waals surface area contributed by atoms with Gasteiger partial charge in [-0.15, -0.1) is 0 Å². The number of hydrogen-bond donors (Lipinski definition) is 2. The molecular formula is C20H26N4O3. The second kappa shape index (κ2) is 7.31. The zero-order valence-corrected chi connectivity index (χ0v) is 15.6. The normalized spacial score (nSPS) is 19.0. The van der Waals surface area contributed by atoms with Crippen molar-refractivity contribution in [3.63, 3.8) is 0 Å². The van der Waals surface area contributed by atoms with Crippen molar-refractivity contribution in [1.82, 2.24) is 19.4 Å². The van der Waals surface area contributed by atoms with E-state index in [0.29, 0.717) is 31.8 Å². The Hall–Kier alpha value is -2.41. The van der Waals surface area contributed by atoms with Crippen molar-refractivity contribution in [2.45, 2.75) is 44.6 Å². The molecule has 1 aliphatic carbocycles. The summed E-state index contributed by atoms with van der Waals surface area (Å²) in [5.41, 5.74) is 2.05. The predicted octanol–water partition coefficient (Wildman–Crippen LogP) is 1.57. The molecule has 0 saturated carbocycles. The molecule has 0 bridgehead atoms. The van der Waals surface area contributed by atoms with Crippen LogP contribution in [0.5, 0.6) is 0 Å². The first-order valence-corrected chi connectivity index (χ1v) is 9.74. The van der Waals surface area contributed by atoms with E-state index < -0.39 is 6.10 Å². The average molecular weight is 370 g/mol. The van der Waals surface area contributed by atoms with Crippen LogP contribution in [-0.4, -0.2) is 43.5 Å². The Labute approximate surface area is 158 Å². The minimum absolute atomic E-state index is 0.0666. The second-order valence-corrected chi connectivity index (χ2v) is 7.69. The SMILES string of the molecule is Cn1ccnc1[C@@H](O)C1CCN(C(=O)c2cc3c([nH]c2=O)CCCC3)CC1. The number of aromatic amines is 1. The maximum absolute atomic E-state index is 12.9. The molecule has 2 aliphatic rings. The Morgan fingerprint density at radius 1 is 1.30 bits per heavy atom. The number of aromatic nitrogens is 3. The number of nitrogens with zero attached hydrogens (tertiary/aromatic N) is 3. The van der Waals surface area contributed by atoms with E-state index in [1.165, 1.54) is 0 Å². The molecule has 1 fully saturated rings. The molecule has 1 saturated heterocycles. The van der Waals surface area contributed by atoms with Gasteiger partial charge in [0.05, 0.1) is 0 Å². The average Bonchev–Trinajstić information content (AvgIpc) is 3.12. The third kappa shape index (κ3) is 3.43. The van der Waals surface area contributed by atoms with Crippen molar-refractivity contribution in [3.8, 4) is 0 Å². The van der Waals surface area contributed by atoms with Crippen molar-refractivity contribution in [2.75, 3.05) is 13.1 Å². The van der Waals surface area contributed by atoms with E-state index >= 15 is 0 Å². The molecule has 7 nitrogen and oxygen atoms in total. The van der Waals surface area contributed by atoms with Gasteiger partial charge in [0.15, 0.2) is 0 Å². The molecule has 1 aliphatic heterocycles. The van der Waals surface area contributed by atoms with Gasteiger partial charge in [-0.2, -0.15) is 0 Å². The highest BCUT2D eigenvalue weighted by molar-refractivity contribution is 5.94. The summed E-state index contributed by atoms with van der Waals surface area (Å²) in [5, 5.41) is 10.6. The van der Waals surface area contributed by atoms with Gasteiger partial charge >= 0.3 is 0 Å². The third-order valence-corrected chi connectivity index (χ3v) is 5.96. The Morgan fingerprint density at radius 3 is 2.74 bits per heavy atom. The lowest BCUT2D eigenvalue weighted by Crippen LogP contribution is -2.42. The van der Waals surface area contributed by atoms with Crippen LogP contribution in [0.2, 0.25) is 0 Å². The second-order valence-electron chi connectivity index (χ2n) is 7.69. The molecule has 1 amide bonds. The summed E-state index contributed by atoms with van der Waals surface area (Å²) in [6.45, 7) is 1.09. The number of aliphatic hydroxyl groups is 1. The maximum Gasteiger partial charge on any atom is 0.261 e.